The van der Waals surface area contributed by atoms with Gasteiger partial charge in [0.25, 0.3) is 0 Å². The van der Waals surface area contributed by atoms with Crippen molar-refractivity contribution >= 4 is 5.91 Å². The van der Waals surface area contributed by atoms with Crippen LogP contribution in [0.15, 0.2) is 24.4 Å². The second-order valence-electron chi connectivity index (χ2n) is 6.62. The summed E-state index contributed by atoms with van der Waals surface area (Å²) in [7, 11) is 0. The van der Waals surface area contributed by atoms with Gasteiger partial charge in [0.2, 0.25) is 5.91 Å². The molecule has 1 N–H and O–H groups in total. The number of rotatable bonds is 3. The number of pyridine rings is 1. The lowest BCUT2D eigenvalue weighted by Crippen LogP contribution is -2.50. The topological polar surface area (TPSA) is 45.2 Å². The molecule has 1 unspecified atom stereocenters. The normalized spacial score (nSPS) is 20.6. The first-order chi connectivity index (χ1) is 9.45. The summed E-state index contributed by atoms with van der Waals surface area (Å²) < 4.78 is 0. The van der Waals surface area contributed by atoms with Crippen LogP contribution in [0, 0.1) is 5.41 Å². The maximum atomic E-state index is 12.1. The van der Waals surface area contributed by atoms with Gasteiger partial charge in [-0.05, 0) is 31.5 Å². The van der Waals surface area contributed by atoms with Crippen molar-refractivity contribution in [2.24, 2.45) is 5.41 Å². The smallest absolute Gasteiger partial charge is 0.225 e. The summed E-state index contributed by atoms with van der Waals surface area (Å²) >= 11 is 0. The van der Waals surface area contributed by atoms with Gasteiger partial charge in [-0.15, -0.1) is 0 Å². The highest BCUT2D eigenvalue weighted by Crippen LogP contribution is 2.17. The minimum Gasteiger partial charge on any atom is -0.352 e. The molecule has 1 aliphatic heterocycles. The van der Waals surface area contributed by atoms with Gasteiger partial charge in [0.1, 0.15) is 0 Å². The first kappa shape index (κ1) is 15.0. The molecule has 0 aliphatic carbocycles. The fourth-order valence-electron chi connectivity index (χ4n) is 2.44. The Morgan fingerprint density at radius 2 is 2.25 bits per heavy atom. The number of aromatic nitrogens is 1. The van der Waals surface area contributed by atoms with E-state index in [1.807, 2.05) is 39.1 Å². The van der Waals surface area contributed by atoms with Crippen LogP contribution in [0.2, 0.25) is 0 Å². The quantitative estimate of drug-likeness (QED) is 0.920. The maximum Gasteiger partial charge on any atom is 0.225 e. The monoisotopic (exact) mass is 275 g/mol. The lowest BCUT2D eigenvalue weighted by atomic mass is 9.94. The molecule has 2 heterocycles. The molecule has 1 aliphatic rings. The van der Waals surface area contributed by atoms with Crippen molar-refractivity contribution in [2.45, 2.75) is 46.2 Å². The van der Waals surface area contributed by atoms with Crippen LogP contribution in [0.1, 0.15) is 39.3 Å². The number of piperidine rings is 1. The third-order valence-electron chi connectivity index (χ3n) is 3.63. The van der Waals surface area contributed by atoms with E-state index in [4.69, 9.17) is 0 Å². The largest absolute Gasteiger partial charge is 0.352 e. The predicted octanol–water partition coefficient (Wildman–Crippen LogP) is 2.21. The van der Waals surface area contributed by atoms with Gasteiger partial charge in [-0.2, -0.15) is 0 Å². The van der Waals surface area contributed by atoms with Crippen LogP contribution < -0.4 is 5.32 Å². The van der Waals surface area contributed by atoms with Crippen LogP contribution in [0.25, 0.3) is 0 Å². The van der Waals surface area contributed by atoms with Gasteiger partial charge in [-0.25, -0.2) is 0 Å². The van der Waals surface area contributed by atoms with E-state index in [1.54, 1.807) is 0 Å². The number of nitrogens with zero attached hydrogens (tertiary/aromatic N) is 2. The van der Waals surface area contributed by atoms with E-state index in [0.29, 0.717) is 0 Å². The highest BCUT2D eigenvalue weighted by Gasteiger charge is 2.26. The zero-order valence-electron chi connectivity index (χ0n) is 12.7. The zero-order chi connectivity index (χ0) is 14.6. The summed E-state index contributed by atoms with van der Waals surface area (Å²) in [4.78, 5) is 18.8. The molecule has 0 radical (unpaired) electrons. The Balaban J connectivity index is 1.87. The van der Waals surface area contributed by atoms with Crippen molar-refractivity contribution in [1.29, 1.82) is 0 Å². The third-order valence-corrected chi connectivity index (χ3v) is 3.63. The van der Waals surface area contributed by atoms with Crippen LogP contribution in [-0.2, 0) is 11.3 Å². The number of hydrogen-bond donors (Lipinski definition) is 1. The van der Waals surface area contributed by atoms with E-state index in [1.165, 1.54) is 0 Å². The fourth-order valence-corrected chi connectivity index (χ4v) is 2.44. The number of nitrogens with one attached hydrogen (secondary N) is 1. The molecule has 1 aromatic heterocycles. The lowest BCUT2D eigenvalue weighted by molar-refractivity contribution is -0.129. The van der Waals surface area contributed by atoms with Gasteiger partial charge in [0.05, 0.1) is 5.69 Å². The Hall–Kier alpha value is -1.42. The van der Waals surface area contributed by atoms with E-state index in [9.17, 15) is 4.79 Å². The summed E-state index contributed by atoms with van der Waals surface area (Å²) in [6.45, 7) is 8.73. The summed E-state index contributed by atoms with van der Waals surface area (Å²) in [6, 6.07) is 6.27. The fraction of sp³-hybridized carbons (Fsp3) is 0.625. The summed E-state index contributed by atoms with van der Waals surface area (Å²) in [5.74, 6) is 0.141. The molecule has 20 heavy (non-hydrogen) atoms. The highest BCUT2D eigenvalue weighted by molar-refractivity contribution is 5.81. The van der Waals surface area contributed by atoms with Crippen LogP contribution >= 0.6 is 0 Å². The average molecular weight is 275 g/mol. The summed E-state index contributed by atoms with van der Waals surface area (Å²) in [5, 5.41) is 3.17. The molecule has 4 heteroatoms. The number of amides is 1. The molecule has 1 aromatic rings. The van der Waals surface area contributed by atoms with Gasteiger partial charge in [-0.1, -0.05) is 26.8 Å². The summed E-state index contributed by atoms with van der Waals surface area (Å²) in [5.41, 5.74) is 0.777. The number of carbonyl (C=O) groups is 1. The predicted molar refractivity (Wildman–Crippen MR) is 80.1 cm³/mol. The highest BCUT2D eigenvalue weighted by atomic mass is 16.2. The average Bonchev–Trinajstić information content (AvgIpc) is 2.39. The molecule has 1 atom stereocenters. The van der Waals surface area contributed by atoms with Crippen molar-refractivity contribution in [3.05, 3.63) is 30.1 Å². The van der Waals surface area contributed by atoms with Gasteiger partial charge in [0, 0.05) is 30.7 Å². The minimum absolute atomic E-state index is 0.141. The molecule has 1 amide bonds. The Bertz CT molecular complexity index is 439. The van der Waals surface area contributed by atoms with Gasteiger partial charge in [0.15, 0.2) is 0 Å². The Kier molecular flexibility index (Phi) is 4.76. The van der Waals surface area contributed by atoms with Crippen molar-refractivity contribution in [2.75, 3.05) is 13.1 Å². The van der Waals surface area contributed by atoms with Crippen molar-refractivity contribution in [3.63, 3.8) is 0 Å². The van der Waals surface area contributed by atoms with Crippen LogP contribution in [0.5, 0.6) is 0 Å². The Morgan fingerprint density at radius 3 is 2.90 bits per heavy atom. The van der Waals surface area contributed by atoms with Gasteiger partial charge >= 0.3 is 0 Å². The first-order valence-electron chi connectivity index (χ1n) is 7.38. The third kappa shape index (κ3) is 4.30. The molecule has 1 fully saturated rings. The number of carbonyl (C=O) groups excluding carboxylic acids is 1. The van der Waals surface area contributed by atoms with E-state index in [2.05, 4.69) is 21.3 Å². The minimum atomic E-state index is -0.316. The van der Waals surface area contributed by atoms with E-state index < -0.39 is 0 Å². The molecule has 4 nitrogen and oxygen atoms in total. The SMILES string of the molecule is CC(C)(C)C(=O)NC1CCCN(Cc2ccccn2)C1. The zero-order valence-corrected chi connectivity index (χ0v) is 12.7. The van der Waals surface area contributed by atoms with E-state index in [0.717, 1.165) is 38.2 Å². The molecular formula is C16H25N3O. The maximum absolute atomic E-state index is 12.1. The summed E-state index contributed by atoms with van der Waals surface area (Å²) in [6.07, 6.45) is 4.03. The van der Waals surface area contributed by atoms with Crippen LogP contribution in [0.3, 0.4) is 0 Å². The van der Waals surface area contributed by atoms with Gasteiger partial charge < -0.3 is 5.32 Å². The first-order valence-corrected chi connectivity index (χ1v) is 7.38. The van der Waals surface area contributed by atoms with Crippen LogP contribution in [-0.4, -0.2) is 34.9 Å². The number of hydrogen-bond acceptors (Lipinski definition) is 3. The molecular weight excluding hydrogens is 250 g/mol. The molecule has 1 saturated heterocycles. The van der Waals surface area contributed by atoms with Crippen molar-refractivity contribution in [3.8, 4) is 0 Å². The molecule has 2 rings (SSSR count). The molecule has 0 aromatic carbocycles. The molecule has 0 spiro atoms. The van der Waals surface area contributed by atoms with E-state index in [-0.39, 0.29) is 17.4 Å². The lowest BCUT2D eigenvalue weighted by Gasteiger charge is -2.34. The molecule has 0 saturated carbocycles. The van der Waals surface area contributed by atoms with Gasteiger partial charge in [-0.3, -0.25) is 14.7 Å². The van der Waals surface area contributed by atoms with Crippen LogP contribution in [0.4, 0.5) is 0 Å². The number of likely N-dealkylation sites (tertiary alicyclic amines) is 1. The Labute approximate surface area is 121 Å². The standard InChI is InChI=1S/C16H25N3O/c1-16(2,3)15(20)18-14-8-6-10-19(12-14)11-13-7-4-5-9-17-13/h4-5,7,9,14H,6,8,10-12H2,1-3H3,(H,18,20). The van der Waals surface area contributed by atoms with Crippen molar-refractivity contribution in [1.82, 2.24) is 15.2 Å². The molecule has 110 valence electrons. The Morgan fingerprint density at radius 1 is 1.45 bits per heavy atom. The molecule has 0 bridgehead atoms. The van der Waals surface area contributed by atoms with E-state index >= 15 is 0 Å². The van der Waals surface area contributed by atoms with Crippen molar-refractivity contribution < 1.29 is 4.79 Å². The second kappa shape index (κ2) is 6.35. The second-order valence-corrected chi connectivity index (χ2v) is 6.62.